The molecule has 0 radical (unpaired) electrons. The van der Waals surface area contributed by atoms with Crippen molar-refractivity contribution in [3.05, 3.63) is 41.8 Å². The molecule has 5 rings (SSSR count). The zero-order chi connectivity index (χ0) is 27.0. The number of aliphatic carboxylic acids is 1. The van der Waals surface area contributed by atoms with Gasteiger partial charge in [-0.2, -0.15) is 9.36 Å². The van der Waals surface area contributed by atoms with Crippen molar-refractivity contribution in [3.8, 4) is 0 Å². The Kier molecular flexibility index (Phi) is 6.94. The van der Waals surface area contributed by atoms with Crippen LogP contribution in [0.15, 0.2) is 41.1 Å². The fraction of sp³-hybridized carbons (Fsp3) is 0.333. The van der Waals surface area contributed by atoms with E-state index in [0.717, 1.165) is 28.5 Å². The number of pyridine rings is 1. The predicted octanol–water partition coefficient (Wildman–Crippen LogP) is -1.47. The number of amides is 2. The summed E-state index contributed by atoms with van der Waals surface area (Å²) in [4.78, 5) is 51.8. The number of β-lactam (4-membered cyclic amide) rings is 1. The third kappa shape index (κ3) is 4.43. The van der Waals surface area contributed by atoms with Crippen LogP contribution in [0.5, 0.6) is 0 Å². The summed E-state index contributed by atoms with van der Waals surface area (Å²) in [6.45, 7) is 1.58. The number of oxime groups is 1. The lowest BCUT2D eigenvalue weighted by atomic mass is 10.0. The average Bonchev–Trinajstić information content (AvgIpc) is 3.53. The molecule has 14 nitrogen and oxygen atoms in total. The molecule has 0 spiro atoms. The molecule has 2 aliphatic heterocycles. The van der Waals surface area contributed by atoms with E-state index in [-0.39, 0.29) is 29.0 Å². The fourth-order valence-corrected chi connectivity index (χ4v) is 6.04. The molecule has 0 bridgehead atoms. The molecule has 3 N–H and O–H groups in total. The van der Waals surface area contributed by atoms with Gasteiger partial charge in [-0.05, 0) is 24.0 Å². The van der Waals surface area contributed by atoms with Gasteiger partial charge in [0.05, 0.1) is 17.9 Å². The first-order chi connectivity index (χ1) is 18.3. The van der Waals surface area contributed by atoms with Gasteiger partial charge in [-0.25, -0.2) is 8.96 Å². The van der Waals surface area contributed by atoms with Crippen LogP contribution in [0.3, 0.4) is 0 Å². The van der Waals surface area contributed by atoms with Gasteiger partial charge in [-0.1, -0.05) is 5.16 Å². The number of carboxylic acid groups (broad SMARTS) is 1. The number of hydrogen-bond acceptors (Lipinski definition) is 12. The summed E-state index contributed by atoms with van der Waals surface area (Å²) < 4.78 is 20.2. The molecule has 2 atom stereocenters. The molecule has 3 aromatic heterocycles. The van der Waals surface area contributed by atoms with E-state index in [9.17, 15) is 23.9 Å². The molecular weight excluding hydrogens is 541 g/mol. The summed E-state index contributed by atoms with van der Waals surface area (Å²) in [5.74, 6) is -3.00. The highest BCUT2D eigenvalue weighted by Gasteiger charge is 2.53. The number of fused-ring (bicyclic) bond motifs is 2. The number of aromatic nitrogens is 5. The fourth-order valence-electron chi connectivity index (χ4n) is 4.27. The van der Waals surface area contributed by atoms with Gasteiger partial charge in [0.2, 0.25) is 17.9 Å². The number of alkyl halides is 1. The Morgan fingerprint density at radius 1 is 1.45 bits per heavy atom. The van der Waals surface area contributed by atoms with Crippen molar-refractivity contribution in [3.63, 3.8) is 0 Å². The Balaban J connectivity index is 1.38. The summed E-state index contributed by atoms with van der Waals surface area (Å²) in [6, 6.07) is 2.68. The van der Waals surface area contributed by atoms with Crippen molar-refractivity contribution in [1.82, 2.24) is 29.1 Å². The maximum absolute atomic E-state index is 13.0. The number of nitrogens with zero attached hydrogens (tertiary/aromatic N) is 7. The monoisotopic (exact) mass is 561 g/mol. The Bertz CT molecular complexity index is 1500. The van der Waals surface area contributed by atoms with Crippen LogP contribution < -0.4 is 20.7 Å². The van der Waals surface area contributed by atoms with Crippen molar-refractivity contribution in [2.24, 2.45) is 5.16 Å². The molecule has 2 unspecified atom stereocenters. The number of anilines is 1. The second kappa shape index (κ2) is 10.3. The summed E-state index contributed by atoms with van der Waals surface area (Å²) in [6.07, 6.45) is 3.49. The van der Waals surface area contributed by atoms with Crippen LogP contribution >= 0.6 is 23.3 Å². The van der Waals surface area contributed by atoms with E-state index in [2.05, 4.69) is 29.7 Å². The molecule has 2 amide bonds. The number of nitrogens with one attached hydrogen (secondary N) is 1. The van der Waals surface area contributed by atoms with Crippen molar-refractivity contribution >= 4 is 63.1 Å². The number of halogens is 1. The highest BCUT2D eigenvalue weighted by Crippen LogP contribution is 2.40. The number of hydrogen-bond donors (Lipinski definition) is 2. The molecule has 1 fully saturated rings. The lowest BCUT2D eigenvalue weighted by Crippen LogP contribution is -2.71. The number of carbonyl (C=O) groups is 3. The van der Waals surface area contributed by atoms with E-state index < -0.39 is 41.8 Å². The van der Waals surface area contributed by atoms with Gasteiger partial charge in [-0.3, -0.25) is 14.5 Å². The lowest BCUT2D eigenvalue weighted by molar-refractivity contribution is -0.664. The van der Waals surface area contributed by atoms with Gasteiger partial charge < -0.3 is 30.4 Å². The summed E-state index contributed by atoms with van der Waals surface area (Å²) in [5, 5.41) is 17.4. The lowest BCUT2D eigenvalue weighted by Gasteiger charge is -2.50. The molecule has 0 aromatic carbocycles. The molecule has 3 aromatic rings. The maximum atomic E-state index is 13.0. The van der Waals surface area contributed by atoms with E-state index in [0.29, 0.717) is 11.2 Å². The first-order valence-corrected chi connectivity index (χ1v) is 13.0. The summed E-state index contributed by atoms with van der Waals surface area (Å²) in [7, 11) is 0. The van der Waals surface area contributed by atoms with Crippen molar-refractivity contribution in [2.75, 3.05) is 18.3 Å². The van der Waals surface area contributed by atoms with Crippen molar-refractivity contribution in [2.45, 2.75) is 31.4 Å². The Hall–Kier alpha value is -4.12. The highest BCUT2D eigenvalue weighted by molar-refractivity contribution is 8.00. The van der Waals surface area contributed by atoms with Crippen LogP contribution in [-0.2, 0) is 32.3 Å². The normalized spacial score (nSPS) is 19.4. The van der Waals surface area contributed by atoms with Gasteiger partial charge in [0.1, 0.15) is 23.5 Å². The van der Waals surface area contributed by atoms with Crippen LogP contribution in [0.1, 0.15) is 12.7 Å². The number of nitrogens with two attached hydrogens (primary N) is 1. The molecule has 198 valence electrons. The SMILES string of the molecule is CCn1cnc2c1ccc[n+]2CC1=C(C(=O)[O-])N2C(=O)C(NC(=O)C(=NOCF)c3nsc(N)n3)C2SC1. The highest BCUT2D eigenvalue weighted by atomic mass is 32.2. The number of carbonyl (C=O) groups excluding carboxylic acids is 3. The minimum absolute atomic E-state index is 0.0424. The van der Waals surface area contributed by atoms with Crippen molar-refractivity contribution in [1.29, 1.82) is 0 Å². The molecule has 0 aliphatic carbocycles. The van der Waals surface area contributed by atoms with E-state index in [4.69, 9.17) is 5.73 Å². The van der Waals surface area contributed by atoms with Gasteiger partial charge in [-0.15, -0.1) is 11.8 Å². The molecule has 5 heterocycles. The topological polar surface area (TPSA) is 185 Å². The quantitative estimate of drug-likeness (QED) is 0.135. The van der Waals surface area contributed by atoms with Gasteiger partial charge in [0.15, 0.2) is 5.13 Å². The van der Waals surface area contributed by atoms with Gasteiger partial charge in [0, 0.05) is 29.4 Å². The van der Waals surface area contributed by atoms with Gasteiger partial charge in [0.25, 0.3) is 18.7 Å². The maximum Gasteiger partial charge on any atom is 0.349 e. The third-order valence-electron chi connectivity index (χ3n) is 5.95. The number of nitrogen functional groups attached to an aromatic ring is 1. The summed E-state index contributed by atoms with van der Waals surface area (Å²) >= 11 is 2.07. The van der Waals surface area contributed by atoms with Crippen LogP contribution in [-0.4, -0.2) is 71.3 Å². The minimum atomic E-state index is -1.50. The van der Waals surface area contributed by atoms with E-state index in [1.807, 2.05) is 28.2 Å². The van der Waals surface area contributed by atoms with Crippen molar-refractivity contribution < 1.29 is 33.3 Å². The Morgan fingerprint density at radius 2 is 2.26 bits per heavy atom. The van der Waals surface area contributed by atoms with E-state index in [1.54, 1.807) is 12.5 Å². The first-order valence-electron chi connectivity index (χ1n) is 11.2. The first kappa shape index (κ1) is 25.5. The summed E-state index contributed by atoms with van der Waals surface area (Å²) in [5.41, 5.74) is 6.86. The molecule has 2 aliphatic rings. The minimum Gasteiger partial charge on any atom is -0.543 e. The van der Waals surface area contributed by atoms with Crippen LogP contribution in [0.2, 0.25) is 0 Å². The van der Waals surface area contributed by atoms with E-state index in [1.165, 1.54) is 11.8 Å². The molecular formula is C21H20FN9O5S2. The Labute approximate surface area is 222 Å². The zero-order valence-electron chi connectivity index (χ0n) is 19.7. The molecule has 0 saturated carbocycles. The number of carboxylic acids is 1. The van der Waals surface area contributed by atoms with Crippen LogP contribution in [0.4, 0.5) is 9.52 Å². The molecule has 38 heavy (non-hydrogen) atoms. The van der Waals surface area contributed by atoms with Crippen LogP contribution in [0.25, 0.3) is 11.2 Å². The second-order valence-electron chi connectivity index (χ2n) is 8.11. The predicted molar refractivity (Wildman–Crippen MR) is 131 cm³/mol. The number of rotatable bonds is 9. The second-order valence-corrected chi connectivity index (χ2v) is 10.00. The smallest absolute Gasteiger partial charge is 0.349 e. The molecule has 1 saturated heterocycles. The van der Waals surface area contributed by atoms with Gasteiger partial charge >= 0.3 is 5.65 Å². The number of imidazole rings is 1. The average molecular weight is 562 g/mol. The Morgan fingerprint density at radius 3 is 2.95 bits per heavy atom. The third-order valence-corrected chi connectivity index (χ3v) is 7.83. The van der Waals surface area contributed by atoms with Crippen LogP contribution in [0, 0.1) is 0 Å². The number of aryl methyl sites for hydroxylation is 1. The van der Waals surface area contributed by atoms with E-state index >= 15 is 0 Å². The number of thioether (sulfide) groups is 1. The standard InChI is InChI=1S/C21H20FN9O5S2/c1-2-29-9-24-16-11(29)4-3-5-30(16)6-10-7-37-19-13(18(33)31(19)14(10)20(34)35)25-17(32)12(27-36-8-22)15-26-21(23)38-28-15/h3-5,9,13,19H,2,6-8H2,1H3,(H3-,23,25,26,28,32,34,35). The largest absolute Gasteiger partial charge is 0.543 e. The zero-order valence-corrected chi connectivity index (χ0v) is 21.4. The molecule has 17 heteroatoms.